The number of benzene rings is 1. The average molecular weight is 360 g/mol. The van der Waals surface area contributed by atoms with Crippen molar-refractivity contribution < 1.29 is 13.9 Å². The van der Waals surface area contributed by atoms with Gasteiger partial charge in [-0.05, 0) is 34.1 Å². The SMILES string of the molecule is O=c1c(Br)c(NCc2cc(F)ccc2F)cnn1CCO. The van der Waals surface area contributed by atoms with Crippen LogP contribution in [0.2, 0.25) is 0 Å². The van der Waals surface area contributed by atoms with Crippen molar-refractivity contribution in [1.29, 1.82) is 0 Å². The van der Waals surface area contributed by atoms with Gasteiger partial charge in [0, 0.05) is 12.1 Å². The lowest BCUT2D eigenvalue weighted by Crippen LogP contribution is -2.25. The molecule has 5 nitrogen and oxygen atoms in total. The number of anilines is 1. The van der Waals surface area contributed by atoms with Crippen LogP contribution in [-0.4, -0.2) is 21.5 Å². The molecular weight excluding hydrogens is 348 g/mol. The minimum Gasteiger partial charge on any atom is -0.394 e. The van der Waals surface area contributed by atoms with Gasteiger partial charge in [0.2, 0.25) is 0 Å². The van der Waals surface area contributed by atoms with E-state index in [9.17, 15) is 13.6 Å². The molecule has 2 N–H and O–H groups in total. The molecule has 1 aromatic heterocycles. The monoisotopic (exact) mass is 359 g/mol. The summed E-state index contributed by atoms with van der Waals surface area (Å²) in [6.45, 7) is -0.121. The first-order valence-electron chi connectivity index (χ1n) is 6.07. The molecule has 1 aromatic carbocycles. The Bertz CT molecular complexity index is 706. The number of hydrogen-bond acceptors (Lipinski definition) is 4. The second-order valence-electron chi connectivity index (χ2n) is 4.21. The highest BCUT2D eigenvalue weighted by molar-refractivity contribution is 9.10. The van der Waals surface area contributed by atoms with Gasteiger partial charge >= 0.3 is 0 Å². The normalized spacial score (nSPS) is 10.7. The van der Waals surface area contributed by atoms with Crippen LogP contribution in [0.5, 0.6) is 0 Å². The maximum atomic E-state index is 13.5. The van der Waals surface area contributed by atoms with Crippen molar-refractivity contribution in [3.8, 4) is 0 Å². The van der Waals surface area contributed by atoms with Gasteiger partial charge in [-0.1, -0.05) is 0 Å². The van der Waals surface area contributed by atoms with E-state index in [1.54, 1.807) is 0 Å². The summed E-state index contributed by atoms with van der Waals surface area (Å²) in [7, 11) is 0. The number of rotatable bonds is 5. The second-order valence-corrected chi connectivity index (χ2v) is 5.01. The summed E-state index contributed by atoms with van der Waals surface area (Å²) >= 11 is 3.12. The molecular formula is C13H12BrF2N3O2. The summed E-state index contributed by atoms with van der Waals surface area (Å²) in [5.41, 5.74) is 0.0769. The summed E-state index contributed by atoms with van der Waals surface area (Å²) in [5, 5.41) is 15.5. The van der Waals surface area contributed by atoms with Gasteiger partial charge in [0.1, 0.15) is 16.1 Å². The van der Waals surface area contributed by atoms with Crippen molar-refractivity contribution in [3.63, 3.8) is 0 Å². The number of aromatic nitrogens is 2. The molecule has 112 valence electrons. The molecule has 21 heavy (non-hydrogen) atoms. The number of aliphatic hydroxyl groups is 1. The van der Waals surface area contributed by atoms with Crippen LogP contribution >= 0.6 is 15.9 Å². The first-order chi connectivity index (χ1) is 10.0. The second kappa shape index (κ2) is 6.77. The maximum Gasteiger partial charge on any atom is 0.283 e. The average Bonchev–Trinajstić information content (AvgIpc) is 2.46. The van der Waals surface area contributed by atoms with E-state index in [-0.39, 0.29) is 29.7 Å². The van der Waals surface area contributed by atoms with Crippen molar-refractivity contribution in [3.05, 3.63) is 56.4 Å². The summed E-state index contributed by atoms with van der Waals surface area (Å²) in [4.78, 5) is 11.9. The molecule has 0 atom stereocenters. The minimum atomic E-state index is -0.540. The highest BCUT2D eigenvalue weighted by atomic mass is 79.9. The Kier molecular flexibility index (Phi) is 5.03. The topological polar surface area (TPSA) is 67.2 Å². The van der Waals surface area contributed by atoms with Gasteiger partial charge in [0.05, 0.1) is 25.0 Å². The van der Waals surface area contributed by atoms with E-state index in [0.717, 1.165) is 22.9 Å². The summed E-state index contributed by atoms with van der Waals surface area (Å²) in [6, 6.07) is 3.15. The Hall–Kier alpha value is -1.80. The lowest BCUT2D eigenvalue weighted by Gasteiger charge is -2.10. The fourth-order valence-corrected chi connectivity index (χ4v) is 2.16. The van der Waals surface area contributed by atoms with Crippen LogP contribution < -0.4 is 10.9 Å². The zero-order valence-electron chi connectivity index (χ0n) is 10.8. The summed E-state index contributed by atoms with van der Waals surface area (Å²) in [6.07, 6.45) is 1.37. The minimum absolute atomic E-state index is 0.00727. The highest BCUT2D eigenvalue weighted by Gasteiger charge is 2.10. The Morgan fingerprint density at radius 3 is 2.86 bits per heavy atom. The van der Waals surface area contributed by atoms with Gasteiger partial charge in [-0.3, -0.25) is 4.79 Å². The molecule has 0 unspecified atom stereocenters. The van der Waals surface area contributed by atoms with E-state index in [2.05, 4.69) is 26.3 Å². The van der Waals surface area contributed by atoms with E-state index in [0.29, 0.717) is 5.69 Å². The van der Waals surface area contributed by atoms with Crippen LogP contribution in [0, 0.1) is 11.6 Å². The number of nitrogens with one attached hydrogen (secondary N) is 1. The predicted octanol–water partition coefficient (Wildman–Crippen LogP) is 1.89. The fraction of sp³-hybridized carbons (Fsp3) is 0.231. The molecule has 2 aromatic rings. The lowest BCUT2D eigenvalue weighted by molar-refractivity contribution is 0.266. The fourth-order valence-electron chi connectivity index (χ4n) is 1.71. The van der Waals surface area contributed by atoms with Crippen molar-refractivity contribution in [2.45, 2.75) is 13.1 Å². The standard InChI is InChI=1S/C13H12BrF2N3O2/c14-12-11(7-18-19(3-4-20)13(12)21)17-6-8-5-9(15)1-2-10(8)16/h1-2,5,7,17,20H,3-4,6H2. The van der Waals surface area contributed by atoms with Gasteiger partial charge in [-0.25, -0.2) is 13.5 Å². The molecule has 0 aliphatic heterocycles. The molecule has 0 saturated heterocycles. The van der Waals surface area contributed by atoms with Gasteiger partial charge in [0.25, 0.3) is 5.56 Å². The number of nitrogens with zero attached hydrogens (tertiary/aromatic N) is 2. The van der Waals surface area contributed by atoms with Crippen molar-refractivity contribution in [1.82, 2.24) is 9.78 Å². The van der Waals surface area contributed by atoms with Gasteiger partial charge in [0.15, 0.2) is 0 Å². The zero-order chi connectivity index (χ0) is 15.4. The molecule has 0 bridgehead atoms. The molecule has 0 fully saturated rings. The lowest BCUT2D eigenvalue weighted by atomic mass is 10.2. The van der Waals surface area contributed by atoms with E-state index < -0.39 is 17.2 Å². The largest absolute Gasteiger partial charge is 0.394 e. The van der Waals surface area contributed by atoms with E-state index in [1.165, 1.54) is 6.20 Å². The third-order valence-electron chi connectivity index (χ3n) is 2.77. The van der Waals surface area contributed by atoms with Crippen molar-refractivity contribution >= 4 is 21.6 Å². The Morgan fingerprint density at radius 2 is 2.14 bits per heavy atom. The van der Waals surface area contributed by atoms with Crippen LogP contribution in [-0.2, 0) is 13.1 Å². The maximum absolute atomic E-state index is 13.5. The van der Waals surface area contributed by atoms with Crippen molar-refractivity contribution in [2.75, 3.05) is 11.9 Å². The molecule has 1 heterocycles. The number of aliphatic hydroxyl groups excluding tert-OH is 1. The van der Waals surface area contributed by atoms with Crippen LogP contribution in [0.3, 0.4) is 0 Å². The third kappa shape index (κ3) is 3.64. The molecule has 0 aliphatic carbocycles. The summed E-state index contributed by atoms with van der Waals surface area (Å²) in [5.74, 6) is -1.08. The van der Waals surface area contributed by atoms with E-state index in [1.807, 2.05) is 0 Å². The smallest absolute Gasteiger partial charge is 0.283 e. The third-order valence-corrected chi connectivity index (χ3v) is 3.54. The van der Waals surface area contributed by atoms with Gasteiger partial charge in [-0.15, -0.1) is 0 Å². The molecule has 2 rings (SSSR count). The Morgan fingerprint density at radius 1 is 1.38 bits per heavy atom. The van der Waals surface area contributed by atoms with Crippen LogP contribution in [0.15, 0.2) is 33.7 Å². The quantitative estimate of drug-likeness (QED) is 0.855. The van der Waals surface area contributed by atoms with E-state index >= 15 is 0 Å². The number of halogens is 3. The van der Waals surface area contributed by atoms with Crippen LogP contribution in [0.25, 0.3) is 0 Å². The zero-order valence-corrected chi connectivity index (χ0v) is 12.4. The summed E-state index contributed by atoms with van der Waals surface area (Å²) < 4.78 is 27.9. The molecule has 0 amide bonds. The highest BCUT2D eigenvalue weighted by Crippen LogP contribution is 2.18. The van der Waals surface area contributed by atoms with Gasteiger partial charge in [-0.2, -0.15) is 5.10 Å². The first-order valence-corrected chi connectivity index (χ1v) is 6.86. The first kappa shape index (κ1) is 15.6. The van der Waals surface area contributed by atoms with Gasteiger partial charge < -0.3 is 10.4 Å². The Labute approximate surface area is 127 Å². The Balaban J connectivity index is 2.19. The number of hydrogen-bond donors (Lipinski definition) is 2. The van der Waals surface area contributed by atoms with Crippen LogP contribution in [0.1, 0.15) is 5.56 Å². The molecule has 0 radical (unpaired) electrons. The molecule has 0 saturated carbocycles. The molecule has 0 spiro atoms. The predicted molar refractivity (Wildman–Crippen MR) is 77.0 cm³/mol. The van der Waals surface area contributed by atoms with Crippen molar-refractivity contribution in [2.24, 2.45) is 0 Å². The molecule has 8 heteroatoms. The molecule has 0 aliphatic rings. The van der Waals surface area contributed by atoms with E-state index in [4.69, 9.17) is 5.11 Å². The van der Waals surface area contributed by atoms with Crippen LogP contribution in [0.4, 0.5) is 14.5 Å².